The van der Waals surface area contributed by atoms with Crippen molar-refractivity contribution in [2.45, 2.75) is 51.6 Å². The molecule has 1 amide bonds. The SMILES string of the molecule is Cc1nc(N)c(C(=O)NC(N)=NCCCCc2ccc(OCCNC[C@@H]3O[C@H](C)OC[C@H]3O)cc2)nc1Cl. The highest BCUT2D eigenvalue weighted by Gasteiger charge is 2.27. The van der Waals surface area contributed by atoms with E-state index < -0.39 is 12.0 Å². The number of benzene rings is 1. The van der Waals surface area contributed by atoms with E-state index in [1.54, 1.807) is 6.92 Å². The molecule has 7 N–H and O–H groups in total. The van der Waals surface area contributed by atoms with Crippen LogP contribution in [0.2, 0.25) is 5.15 Å². The number of aliphatic imine (C=N–C) groups is 1. The van der Waals surface area contributed by atoms with Gasteiger partial charge in [0.05, 0.1) is 12.3 Å². The Kier molecular flexibility index (Phi) is 11.5. The van der Waals surface area contributed by atoms with Gasteiger partial charge in [-0.1, -0.05) is 23.7 Å². The van der Waals surface area contributed by atoms with Gasteiger partial charge in [0.2, 0.25) is 0 Å². The average molecular weight is 550 g/mol. The van der Waals surface area contributed by atoms with Crippen LogP contribution in [0, 0.1) is 6.92 Å². The van der Waals surface area contributed by atoms with Crippen molar-refractivity contribution in [1.82, 2.24) is 20.6 Å². The number of carbonyl (C=O) groups is 1. The number of carbonyl (C=O) groups excluding carboxylic acids is 1. The van der Waals surface area contributed by atoms with Gasteiger partial charge in [-0.15, -0.1) is 0 Å². The van der Waals surface area contributed by atoms with E-state index in [1.807, 2.05) is 31.2 Å². The second kappa shape index (κ2) is 14.8. The zero-order chi connectivity index (χ0) is 27.5. The number of nitrogens with zero attached hydrogens (tertiary/aromatic N) is 3. The van der Waals surface area contributed by atoms with Crippen molar-refractivity contribution in [3.05, 3.63) is 46.4 Å². The third kappa shape index (κ3) is 9.37. The molecule has 1 aromatic carbocycles. The minimum absolute atomic E-state index is 0.0186. The van der Waals surface area contributed by atoms with Crippen LogP contribution in [0.1, 0.15) is 41.5 Å². The van der Waals surface area contributed by atoms with Gasteiger partial charge >= 0.3 is 0 Å². The van der Waals surface area contributed by atoms with Crippen molar-refractivity contribution in [3.8, 4) is 5.75 Å². The van der Waals surface area contributed by atoms with E-state index in [9.17, 15) is 9.90 Å². The highest BCUT2D eigenvalue weighted by atomic mass is 35.5. The third-order valence-electron chi connectivity index (χ3n) is 5.77. The molecule has 1 fully saturated rings. The fraction of sp³-hybridized carbons (Fsp3) is 0.520. The number of aromatic nitrogens is 2. The quantitative estimate of drug-likeness (QED) is 0.146. The maximum atomic E-state index is 12.3. The predicted molar refractivity (Wildman–Crippen MR) is 144 cm³/mol. The van der Waals surface area contributed by atoms with E-state index in [1.165, 1.54) is 5.56 Å². The summed E-state index contributed by atoms with van der Waals surface area (Å²) in [5.74, 6) is 0.133. The van der Waals surface area contributed by atoms with Gasteiger partial charge in [0, 0.05) is 19.6 Å². The number of aliphatic hydroxyl groups is 1. The minimum atomic E-state index is -0.628. The lowest BCUT2D eigenvalue weighted by Gasteiger charge is -2.32. The summed E-state index contributed by atoms with van der Waals surface area (Å²) in [6.07, 6.45) is 1.36. The fourth-order valence-corrected chi connectivity index (χ4v) is 3.80. The Morgan fingerprint density at radius 2 is 2.05 bits per heavy atom. The van der Waals surface area contributed by atoms with Crippen molar-refractivity contribution < 1.29 is 24.1 Å². The first-order valence-corrected chi connectivity index (χ1v) is 12.9. The van der Waals surface area contributed by atoms with Crippen LogP contribution in [-0.2, 0) is 15.9 Å². The van der Waals surface area contributed by atoms with Gasteiger partial charge in [-0.2, -0.15) is 0 Å². The fourth-order valence-electron chi connectivity index (χ4n) is 3.68. The van der Waals surface area contributed by atoms with Gasteiger partial charge in [-0.25, -0.2) is 9.97 Å². The molecule has 1 aromatic heterocycles. The number of nitrogens with one attached hydrogen (secondary N) is 2. The molecule has 13 heteroatoms. The Bertz CT molecular complexity index is 1090. The summed E-state index contributed by atoms with van der Waals surface area (Å²) >= 11 is 5.92. The zero-order valence-corrected chi connectivity index (χ0v) is 22.4. The molecule has 0 bridgehead atoms. The summed E-state index contributed by atoms with van der Waals surface area (Å²) in [7, 11) is 0. The van der Waals surface area contributed by atoms with Crippen molar-refractivity contribution in [1.29, 1.82) is 0 Å². The summed E-state index contributed by atoms with van der Waals surface area (Å²) < 4.78 is 16.6. The number of rotatable bonds is 12. The van der Waals surface area contributed by atoms with Crippen LogP contribution in [0.25, 0.3) is 0 Å². The van der Waals surface area contributed by atoms with Crippen LogP contribution in [-0.4, -0.2) is 78.3 Å². The van der Waals surface area contributed by atoms with Crippen molar-refractivity contribution in [2.24, 2.45) is 10.7 Å². The predicted octanol–water partition coefficient (Wildman–Crippen LogP) is 1.18. The molecule has 0 spiro atoms. The molecule has 208 valence electrons. The second-order valence-corrected chi connectivity index (χ2v) is 9.21. The van der Waals surface area contributed by atoms with Gasteiger partial charge < -0.3 is 36.1 Å². The minimum Gasteiger partial charge on any atom is -0.492 e. The summed E-state index contributed by atoms with van der Waals surface area (Å²) in [5, 5.41) is 15.7. The maximum Gasteiger partial charge on any atom is 0.280 e. The van der Waals surface area contributed by atoms with Crippen LogP contribution in [0.15, 0.2) is 29.3 Å². The molecule has 0 saturated carbocycles. The van der Waals surface area contributed by atoms with E-state index in [-0.39, 0.29) is 41.6 Å². The molecule has 0 unspecified atom stereocenters. The van der Waals surface area contributed by atoms with Gasteiger partial charge in [-0.05, 0) is 50.8 Å². The van der Waals surface area contributed by atoms with Crippen LogP contribution in [0.5, 0.6) is 5.75 Å². The normalized spacial score (nSPS) is 19.8. The standard InChI is InChI=1S/C25H36ClN7O5/c1-15-22(26)32-21(23(27)31-15)24(35)33-25(28)30-10-4-3-5-17-6-8-18(9-7-17)36-12-11-29-13-20-19(34)14-37-16(2)38-20/h6-9,16,19-20,29,34H,3-5,10-14H2,1-2H3,(H2,27,31)(H3,28,30,33,35)/t16-,19-,20+/m1/s1. The first kappa shape index (κ1) is 29.5. The lowest BCUT2D eigenvalue weighted by atomic mass is 10.1. The summed E-state index contributed by atoms with van der Waals surface area (Å²) in [4.78, 5) is 24.4. The molecular formula is C25H36ClN7O5. The highest BCUT2D eigenvalue weighted by molar-refractivity contribution is 6.30. The van der Waals surface area contributed by atoms with Crippen molar-refractivity contribution >= 4 is 29.3 Å². The number of amides is 1. The van der Waals surface area contributed by atoms with Gasteiger partial charge in [-0.3, -0.25) is 15.1 Å². The smallest absolute Gasteiger partial charge is 0.280 e. The number of nitrogen functional groups attached to an aromatic ring is 1. The molecule has 2 heterocycles. The Morgan fingerprint density at radius 1 is 1.29 bits per heavy atom. The number of anilines is 1. The Balaban J connectivity index is 1.28. The molecule has 12 nitrogen and oxygen atoms in total. The maximum absolute atomic E-state index is 12.3. The first-order valence-electron chi connectivity index (χ1n) is 12.5. The van der Waals surface area contributed by atoms with E-state index in [2.05, 4.69) is 25.6 Å². The molecule has 0 radical (unpaired) electrons. The largest absolute Gasteiger partial charge is 0.492 e. The lowest BCUT2D eigenvalue weighted by molar-refractivity contribution is -0.242. The van der Waals surface area contributed by atoms with Crippen molar-refractivity contribution in [2.75, 3.05) is 38.6 Å². The van der Waals surface area contributed by atoms with E-state index in [0.717, 1.165) is 25.0 Å². The number of hydrogen-bond acceptors (Lipinski definition) is 10. The first-order chi connectivity index (χ1) is 18.2. The Labute approximate surface area is 227 Å². The van der Waals surface area contributed by atoms with Crippen LogP contribution in [0.3, 0.4) is 0 Å². The molecule has 3 rings (SSSR count). The number of halogens is 1. The average Bonchev–Trinajstić information content (AvgIpc) is 2.88. The van der Waals surface area contributed by atoms with E-state index in [0.29, 0.717) is 31.9 Å². The lowest BCUT2D eigenvalue weighted by Crippen LogP contribution is -2.48. The number of unbranched alkanes of at least 4 members (excludes halogenated alkanes) is 1. The zero-order valence-electron chi connectivity index (χ0n) is 21.7. The molecule has 0 aliphatic carbocycles. The molecule has 3 atom stereocenters. The highest BCUT2D eigenvalue weighted by Crippen LogP contribution is 2.16. The number of guanidine groups is 1. The van der Waals surface area contributed by atoms with Crippen LogP contribution < -0.4 is 26.8 Å². The summed E-state index contributed by atoms with van der Waals surface area (Å²) in [5.41, 5.74) is 13.1. The molecular weight excluding hydrogens is 514 g/mol. The number of aryl methyl sites for hydroxylation is 2. The Morgan fingerprint density at radius 3 is 2.82 bits per heavy atom. The topological polar surface area (TPSA) is 179 Å². The third-order valence-corrected chi connectivity index (χ3v) is 6.12. The molecule has 1 aliphatic rings. The van der Waals surface area contributed by atoms with Gasteiger partial charge in [0.25, 0.3) is 5.91 Å². The van der Waals surface area contributed by atoms with Gasteiger partial charge in [0.1, 0.15) is 24.6 Å². The number of nitrogens with two attached hydrogens (primary N) is 2. The Hall–Kier alpha value is -3.03. The second-order valence-electron chi connectivity index (χ2n) is 8.85. The van der Waals surface area contributed by atoms with E-state index >= 15 is 0 Å². The number of aliphatic hydroxyl groups excluding tert-OH is 1. The van der Waals surface area contributed by atoms with Gasteiger partial charge in [0.15, 0.2) is 28.9 Å². The molecule has 2 aromatic rings. The summed E-state index contributed by atoms with van der Waals surface area (Å²) in [6, 6.07) is 7.96. The number of ether oxygens (including phenoxy) is 3. The summed E-state index contributed by atoms with van der Waals surface area (Å²) in [6.45, 7) is 5.87. The monoisotopic (exact) mass is 549 g/mol. The molecule has 1 saturated heterocycles. The van der Waals surface area contributed by atoms with Crippen LogP contribution in [0.4, 0.5) is 5.82 Å². The van der Waals surface area contributed by atoms with Crippen LogP contribution >= 0.6 is 11.6 Å². The molecule has 38 heavy (non-hydrogen) atoms. The molecule has 1 aliphatic heterocycles. The van der Waals surface area contributed by atoms with E-state index in [4.69, 9.17) is 37.3 Å². The number of hydrogen-bond donors (Lipinski definition) is 5. The van der Waals surface area contributed by atoms with Crippen molar-refractivity contribution in [3.63, 3.8) is 0 Å².